The molecule has 4 rings (SSSR count). The van der Waals surface area contributed by atoms with Gasteiger partial charge in [-0.1, -0.05) is 41.9 Å². The molecule has 0 spiro atoms. The third-order valence-electron chi connectivity index (χ3n) is 5.43. The second kappa shape index (κ2) is 8.96. The Morgan fingerprint density at radius 3 is 2.48 bits per heavy atom. The lowest BCUT2D eigenvalue weighted by atomic mass is 10.1. The van der Waals surface area contributed by atoms with E-state index in [0.717, 1.165) is 22.1 Å². The van der Waals surface area contributed by atoms with Gasteiger partial charge in [-0.25, -0.2) is 13.2 Å². The molecule has 1 aliphatic heterocycles. The number of nitrogens with zero attached hydrogens (tertiary/aromatic N) is 2. The lowest BCUT2D eigenvalue weighted by molar-refractivity contribution is 0.183. The van der Waals surface area contributed by atoms with E-state index >= 15 is 0 Å². The molecule has 0 N–H and O–H groups in total. The van der Waals surface area contributed by atoms with Gasteiger partial charge in [-0.2, -0.15) is 4.31 Å². The Morgan fingerprint density at radius 1 is 1.06 bits per heavy atom. The van der Waals surface area contributed by atoms with Crippen LogP contribution in [0.3, 0.4) is 0 Å². The van der Waals surface area contributed by atoms with Crippen LogP contribution in [0.5, 0.6) is 0 Å². The van der Waals surface area contributed by atoms with E-state index < -0.39 is 15.6 Å². The predicted octanol–water partition coefficient (Wildman–Crippen LogP) is 3.87. The first-order valence-electron chi connectivity index (χ1n) is 10.0. The first kappa shape index (κ1) is 21.8. The highest BCUT2D eigenvalue weighted by Gasteiger charge is 2.25. The molecule has 162 valence electrons. The smallest absolute Gasteiger partial charge is 0.336 e. The summed E-state index contributed by atoms with van der Waals surface area (Å²) in [7, 11) is -3.49. The van der Waals surface area contributed by atoms with Crippen molar-refractivity contribution in [2.45, 2.75) is 13.5 Å². The number of piperazine rings is 1. The van der Waals surface area contributed by atoms with Gasteiger partial charge >= 0.3 is 5.63 Å². The second-order valence-corrected chi connectivity index (χ2v) is 9.85. The molecule has 2 heterocycles. The number of fused-ring (bicyclic) bond motifs is 1. The molecule has 0 unspecified atom stereocenters. The zero-order valence-corrected chi connectivity index (χ0v) is 18.7. The van der Waals surface area contributed by atoms with Crippen LogP contribution in [-0.4, -0.2) is 43.8 Å². The van der Waals surface area contributed by atoms with Crippen molar-refractivity contribution in [2.75, 3.05) is 26.2 Å². The minimum absolute atomic E-state index is 0.390. The molecule has 0 radical (unpaired) electrons. The Balaban J connectivity index is 1.46. The van der Waals surface area contributed by atoms with Gasteiger partial charge in [-0.05, 0) is 41.8 Å². The number of hydrogen-bond donors (Lipinski definition) is 0. The third kappa shape index (κ3) is 5.07. The van der Waals surface area contributed by atoms with Gasteiger partial charge in [0.15, 0.2) is 0 Å². The minimum atomic E-state index is -3.49. The molecule has 1 aromatic heterocycles. The summed E-state index contributed by atoms with van der Waals surface area (Å²) < 4.78 is 32.1. The molecule has 31 heavy (non-hydrogen) atoms. The average molecular weight is 459 g/mol. The lowest BCUT2D eigenvalue weighted by Crippen LogP contribution is -2.47. The fourth-order valence-electron chi connectivity index (χ4n) is 3.68. The van der Waals surface area contributed by atoms with Gasteiger partial charge in [0.25, 0.3) is 0 Å². The summed E-state index contributed by atoms with van der Waals surface area (Å²) in [5, 5.41) is 2.68. The summed E-state index contributed by atoms with van der Waals surface area (Å²) in [6, 6.07) is 14.4. The van der Waals surface area contributed by atoms with Gasteiger partial charge in [0.05, 0.1) is 0 Å². The molecule has 1 aliphatic rings. The first-order valence-corrected chi connectivity index (χ1v) is 11.9. The average Bonchev–Trinajstić information content (AvgIpc) is 2.75. The van der Waals surface area contributed by atoms with E-state index in [2.05, 4.69) is 4.90 Å². The molecule has 0 saturated carbocycles. The van der Waals surface area contributed by atoms with E-state index in [1.807, 2.05) is 43.3 Å². The molecular formula is C23H23ClN2O4S. The van der Waals surface area contributed by atoms with Crippen LogP contribution in [0.1, 0.15) is 16.7 Å². The zero-order valence-electron chi connectivity index (χ0n) is 17.1. The fourth-order valence-corrected chi connectivity index (χ4v) is 5.01. The van der Waals surface area contributed by atoms with Crippen LogP contribution in [-0.2, 0) is 16.6 Å². The molecule has 0 amide bonds. The molecule has 2 aromatic carbocycles. The van der Waals surface area contributed by atoms with Crippen molar-refractivity contribution in [3.05, 3.63) is 86.1 Å². The topological polar surface area (TPSA) is 70.8 Å². The van der Waals surface area contributed by atoms with Crippen LogP contribution in [0.4, 0.5) is 0 Å². The molecule has 1 fully saturated rings. The first-order chi connectivity index (χ1) is 14.8. The molecule has 8 heteroatoms. The van der Waals surface area contributed by atoms with E-state index in [0.29, 0.717) is 43.3 Å². The quantitative estimate of drug-likeness (QED) is 0.543. The van der Waals surface area contributed by atoms with Gasteiger partial charge in [0, 0.05) is 54.6 Å². The molecule has 3 aromatic rings. The van der Waals surface area contributed by atoms with Crippen LogP contribution >= 0.6 is 11.6 Å². The summed E-state index contributed by atoms with van der Waals surface area (Å²) in [6.45, 7) is 4.30. The predicted molar refractivity (Wildman–Crippen MR) is 123 cm³/mol. The van der Waals surface area contributed by atoms with Crippen molar-refractivity contribution in [1.29, 1.82) is 0 Å². The van der Waals surface area contributed by atoms with E-state index in [-0.39, 0.29) is 0 Å². The minimum Gasteiger partial charge on any atom is -0.423 e. The second-order valence-electron chi connectivity index (χ2n) is 7.62. The SMILES string of the molecule is Cc1cc2oc(=O)cc(CN3CCN(S(=O)(=O)/C=C/c4ccccc4)CC3)c2cc1Cl. The van der Waals surface area contributed by atoms with Gasteiger partial charge in [-0.15, -0.1) is 0 Å². The summed E-state index contributed by atoms with van der Waals surface area (Å²) in [6.07, 6.45) is 1.61. The highest BCUT2D eigenvalue weighted by molar-refractivity contribution is 7.92. The maximum absolute atomic E-state index is 12.7. The lowest BCUT2D eigenvalue weighted by Gasteiger charge is -2.33. The number of sulfonamides is 1. The van der Waals surface area contributed by atoms with Gasteiger partial charge in [-0.3, -0.25) is 4.90 Å². The zero-order chi connectivity index (χ0) is 22.0. The number of rotatable bonds is 5. The van der Waals surface area contributed by atoms with Gasteiger partial charge in [0.2, 0.25) is 10.0 Å². The number of halogens is 1. The van der Waals surface area contributed by atoms with E-state index in [9.17, 15) is 13.2 Å². The number of aryl methyl sites for hydroxylation is 1. The highest BCUT2D eigenvalue weighted by atomic mass is 35.5. The summed E-state index contributed by atoms with van der Waals surface area (Å²) in [4.78, 5) is 14.1. The molecular weight excluding hydrogens is 436 g/mol. The van der Waals surface area contributed by atoms with Crippen LogP contribution in [0.2, 0.25) is 5.02 Å². The van der Waals surface area contributed by atoms with Crippen molar-refractivity contribution in [2.24, 2.45) is 0 Å². The standard InChI is InChI=1S/C23H23ClN2O4S/c1-17-13-22-20(15-21(17)24)19(14-23(27)30-22)16-25-8-10-26(11-9-25)31(28,29)12-7-18-5-3-2-4-6-18/h2-7,12-15H,8-11,16H2,1H3/b12-7+. The van der Waals surface area contributed by atoms with E-state index in [1.165, 1.54) is 15.8 Å². The maximum atomic E-state index is 12.7. The van der Waals surface area contributed by atoms with Crippen LogP contribution in [0.25, 0.3) is 17.0 Å². The monoisotopic (exact) mass is 458 g/mol. The third-order valence-corrected chi connectivity index (χ3v) is 7.40. The molecule has 0 aliphatic carbocycles. The summed E-state index contributed by atoms with van der Waals surface area (Å²) in [5.41, 5.74) is 2.62. The van der Waals surface area contributed by atoms with Gasteiger partial charge in [0.1, 0.15) is 5.58 Å². The molecule has 0 atom stereocenters. The molecule has 0 bridgehead atoms. The summed E-state index contributed by atoms with van der Waals surface area (Å²) in [5.74, 6) is 0. The normalized spacial score (nSPS) is 16.3. The number of benzene rings is 2. The Kier molecular flexibility index (Phi) is 6.29. The van der Waals surface area contributed by atoms with Crippen LogP contribution in [0.15, 0.2) is 63.2 Å². The van der Waals surface area contributed by atoms with Gasteiger partial charge < -0.3 is 4.42 Å². The fraction of sp³-hybridized carbons (Fsp3) is 0.261. The molecule has 6 nitrogen and oxygen atoms in total. The Bertz CT molecular complexity index is 1280. The molecule has 1 saturated heterocycles. The van der Waals surface area contributed by atoms with Crippen molar-refractivity contribution >= 4 is 38.7 Å². The Morgan fingerprint density at radius 2 is 1.77 bits per heavy atom. The van der Waals surface area contributed by atoms with Crippen LogP contribution in [0, 0.1) is 6.92 Å². The van der Waals surface area contributed by atoms with E-state index in [1.54, 1.807) is 12.1 Å². The van der Waals surface area contributed by atoms with Crippen molar-refractivity contribution in [1.82, 2.24) is 9.21 Å². The van der Waals surface area contributed by atoms with Crippen LogP contribution < -0.4 is 5.63 Å². The highest BCUT2D eigenvalue weighted by Crippen LogP contribution is 2.26. The Labute approximate surface area is 186 Å². The van der Waals surface area contributed by atoms with Crippen molar-refractivity contribution in [3.8, 4) is 0 Å². The van der Waals surface area contributed by atoms with Crippen molar-refractivity contribution < 1.29 is 12.8 Å². The Hall–Kier alpha value is -2.45. The maximum Gasteiger partial charge on any atom is 0.336 e. The van der Waals surface area contributed by atoms with E-state index in [4.69, 9.17) is 16.0 Å². The number of hydrogen-bond acceptors (Lipinski definition) is 5. The van der Waals surface area contributed by atoms with Crippen molar-refractivity contribution in [3.63, 3.8) is 0 Å². The summed E-state index contributed by atoms with van der Waals surface area (Å²) >= 11 is 6.27. The largest absolute Gasteiger partial charge is 0.423 e.